The van der Waals surface area contributed by atoms with Crippen LogP contribution in [0, 0.1) is 12.8 Å². The van der Waals surface area contributed by atoms with Crippen molar-refractivity contribution in [2.45, 2.75) is 38.6 Å². The number of nitrogens with one attached hydrogen (secondary N) is 1. The zero-order valence-corrected chi connectivity index (χ0v) is 10.2. The molecular weight excluding hydrogens is 216 g/mol. The first kappa shape index (κ1) is 12.1. The molecule has 4 N–H and O–H groups in total. The summed E-state index contributed by atoms with van der Waals surface area (Å²) in [4.78, 5) is 8.17. The molecule has 0 spiro atoms. The molecule has 1 aliphatic carbocycles. The lowest BCUT2D eigenvalue weighted by Crippen LogP contribution is -2.35. The van der Waals surface area contributed by atoms with E-state index >= 15 is 0 Å². The van der Waals surface area contributed by atoms with Crippen molar-refractivity contribution in [3.8, 4) is 0 Å². The SMILES string of the molecule is Cc1c(N)ncnc1NC1CCCCC1CO. The van der Waals surface area contributed by atoms with E-state index in [0.29, 0.717) is 17.8 Å². The average Bonchev–Trinajstić information content (AvgIpc) is 2.35. The van der Waals surface area contributed by atoms with Crippen LogP contribution < -0.4 is 11.1 Å². The number of nitrogen functional groups attached to an aromatic ring is 1. The Morgan fingerprint density at radius 1 is 1.41 bits per heavy atom. The van der Waals surface area contributed by atoms with Crippen LogP contribution in [0.25, 0.3) is 0 Å². The predicted octanol–water partition coefficient (Wildman–Crippen LogP) is 1.33. The van der Waals surface area contributed by atoms with Crippen molar-refractivity contribution in [1.82, 2.24) is 9.97 Å². The Bertz CT molecular complexity index is 383. The number of rotatable bonds is 3. The quantitative estimate of drug-likeness (QED) is 0.737. The molecule has 0 radical (unpaired) electrons. The molecule has 5 heteroatoms. The smallest absolute Gasteiger partial charge is 0.134 e. The van der Waals surface area contributed by atoms with Crippen LogP contribution in [-0.2, 0) is 0 Å². The third-order valence-corrected chi connectivity index (χ3v) is 3.59. The van der Waals surface area contributed by atoms with Crippen molar-refractivity contribution in [2.75, 3.05) is 17.7 Å². The van der Waals surface area contributed by atoms with Gasteiger partial charge in [0.1, 0.15) is 18.0 Å². The van der Waals surface area contributed by atoms with Crippen molar-refractivity contribution >= 4 is 11.6 Å². The highest BCUT2D eigenvalue weighted by molar-refractivity contribution is 5.54. The van der Waals surface area contributed by atoms with Crippen molar-refractivity contribution in [3.63, 3.8) is 0 Å². The molecule has 1 saturated carbocycles. The average molecular weight is 236 g/mol. The standard InChI is InChI=1S/C12H20N4O/c1-8-11(13)14-7-15-12(8)16-10-5-3-2-4-9(10)6-17/h7,9-10,17H,2-6H2,1H3,(H3,13,14,15,16). The summed E-state index contributed by atoms with van der Waals surface area (Å²) in [5.74, 6) is 1.63. The highest BCUT2D eigenvalue weighted by Crippen LogP contribution is 2.27. The maximum absolute atomic E-state index is 9.37. The summed E-state index contributed by atoms with van der Waals surface area (Å²) < 4.78 is 0. The number of aromatic nitrogens is 2. The molecule has 0 amide bonds. The molecule has 0 saturated heterocycles. The van der Waals surface area contributed by atoms with Crippen LogP contribution in [0.15, 0.2) is 6.33 Å². The fourth-order valence-corrected chi connectivity index (χ4v) is 2.40. The minimum atomic E-state index is 0.233. The van der Waals surface area contributed by atoms with Gasteiger partial charge in [-0.25, -0.2) is 9.97 Å². The van der Waals surface area contributed by atoms with E-state index < -0.39 is 0 Å². The Morgan fingerprint density at radius 3 is 2.94 bits per heavy atom. The van der Waals surface area contributed by atoms with Gasteiger partial charge in [-0.05, 0) is 19.8 Å². The second-order valence-corrected chi connectivity index (χ2v) is 4.71. The summed E-state index contributed by atoms with van der Waals surface area (Å²) in [6.07, 6.45) is 6.03. The van der Waals surface area contributed by atoms with Crippen molar-refractivity contribution in [3.05, 3.63) is 11.9 Å². The van der Waals surface area contributed by atoms with E-state index in [1.807, 2.05) is 6.92 Å². The van der Waals surface area contributed by atoms with Crippen LogP contribution >= 0.6 is 0 Å². The summed E-state index contributed by atoms with van der Waals surface area (Å²) in [5.41, 5.74) is 6.64. The maximum atomic E-state index is 9.37. The molecule has 2 atom stereocenters. The summed E-state index contributed by atoms with van der Waals surface area (Å²) in [5, 5.41) is 12.8. The van der Waals surface area contributed by atoms with Gasteiger partial charge in [0.05, 0.1) is 0 Å². The Labute approximate surface area is 101 Å². The first-order valence-corrected chi connectivity index (χ1v) is 6.17. The number of nitrogens with zero attached hydrogens (tertiary/aromatic N) is 2. The number of aliphatic hydroxyl groups excluding tert-OH is 1. The van der Waals surface area contributed by atoms with Gasteiger partial charge in [0.25, 0.3) is 0 Å². The fourth-order valence-electron chi connectivity index (χ4n) is 2.40. The van der Waals surface area contributed by atoms with Gasteiger partial charge in [0.15, 0.2) is 0 Å². The monoisotopic (exact) mass is 236 g/mol. The van der Waals surface area contributed by atoms with E-state index in [1.165, 1.54) is 19.2 Å². The Balaban J connectivity index is 2.11. The minimum absolute atomic E-state index is 0.233. The number of nitrogens with two attached hydrogens (primary N) is 1. The number of hydrogen-bond acceptors (Lipinski definition) is 5. The van der Waals surface area contributed by atoms with Crippen LogP contribution in [0.2, 0.25) is 0 Å². The first-order chi connectivity index (χ1) is 8.22. The number of aliphatic hydroxyl groups is 1. The van der Waals surface area contributed by atoms with Gasteiger partial charge in [0.2, 0.25) is 0 Å². The third kappa shape index (κ3) is 2.66. The second-order valence-electron chi connectivity index (χ2n) is 4.71. The molecule has 1 heterocycles. The largest absolute Gasteiger partial charge is 0.396 e. The molecule has 0 aliphatic heterocycles. The Kier molecular flexibility index (Phi) is 3.78. The van der Waals surface area contributed by atoms with Crippen molar-refractivity contribution in [1.29, 1.82) is 0 Å². The maximum Gasteiger partial charge on any atom is 0.134 e. The van der Waals surface area contributed by atoms with Crippen molar-refractivity contribution < 1.29 is 5.11 Å². The lowest BCUT2D eigenvalue weighted by atomic mass is 9.85. The Hall–Kier alpha value is -1.36. The second kappa shape index (κ2) is 5.31. The molecule has 0 aromatic carbocycles. The van der Waals surface area contributed by atoms with Crippen molar-refractivity contribution in [2.24, 2.45) is 5.92 Å². The summed E-state index contributed by atoms with van der Waals surface area (Å²) in [6, 6.07) is 0.293. The van der Waals surface area contributed by atoms with Crippen LogP contribution in [0.1, 0.15) is 31.2 Å². The molecule has 1 aliphatic rings. The van der Waals surface area contributed by atoms with Gasteiger partial charge in [-0.2, -0.15) is 0 Å². The van der Waals surface area contributed by atoms with E-state index in [0.717, 1.165) is 24.2 Å². The first-order valence-electron chi connectivity index (χ1n) is 6.17. The van der Waals surface area contributed by atoms with Crippen LogP contribution in [-0.4, -0.2) is 27.7 Å². The number of anilines is 2. The zero-order valence-electron chi connectivity index (χ0n) is 10.2. The summed E-state index contributed by atoms with van der Waals surface area (Å²) >= 11 is 0. The molecule has 94 valence electrons. The Morgan fingerprint density at radius 2 is 2.18 bits per heavy atom. The van der Waals surface area contributed by atoms with E-state index in [4.69, 9.17) is 5.73 Å². The topological polar surface area (TPSA) is 84.1 Å². The van der Waals surface area contributed by atoms with Gasteiger partial charge < -0.3 is 16.2 Å². The minimum Gasteiger partial charge on any atom is -0.396 e. The van der Waals surface area contributed by atoms with Gasteiger partial charge >= 0.3 is 0 Å². The highest BCUT2D eigenvalue weighted by atomic mass is 16.3. The molecule has 17 heavy (non-hydrogen) atoms. The van der Waals surface area contributed by atoms with Gasteiger partial charge in [-0.3, -0.25) is 0 Å². The lowest BCUT2D eigenvalue weighted by Gasteiger charge is -2.31. The molecule has 1 aromatic rings. The zero-order chi connectivity index (χ0) is 12.3. The van der Waals surface area contributed by atoms with Gasteiger partial charge in [-0.15, -0.1) is 0 Å². The molecule has 2 unspecified atom stereocenters. The van der Waals surface area contributed by atoms with E-state index in [2.05, 4.69) is 15.3 Å². The molecular formula is C12H20N4O. The van der Waals surface area contributed by atoms with E-state index in [-0.39, 0.29) is 6.61 Å². The van der Waals surface area contributed by atoms with Gasteiger partial charge in [-0.1, -0.05) is 12.8 Å². The number of hydrogen-bond donors (Lipinski definition) is 3. The highest BCUT2D eigenvalue weighted by Gasteiger charge is 2.25. The summed E-state index contributed by atoms with van der Waals surface area (Å²) in [6.45, 7) is 2.14. The van der Waals surface area contributed by atoms with E-state index in [9.17, 15) is 5.11 Å². The molecule has 1 fully saturated rings. The van der Waals surface area contributed by atoms with Crippen LogP contribution in [0.4, 0.5) is 11.6 Å². The molecule has 0 bridgehead atoms. The summed E-state index contributed by atoms with van der Waals surface area (Å²) in [7, 11) is 0. The van der Waals surface area contributed by atoms with Gasteiger partial charge in [0, 0.05) is 24.1 Å². The van der Waals surface area contributed by atoms with Crippen LogP contribution in [0.5, 0.6) is 0 Å². The van der Waals surface area contributed by atoms with E-state index in [1.54, 1.807) is 0 Å². The molecule has 1 aromatic heterocycles. The molecule has 2 rings (SSSR count). The normalized spacial score (nSPS) is 24.6. The third-order valence-electron chi connectivity index (χ3n) is 3.59. The van der Waals surface area contributed by atoms with Crippen LogP contribution in [0.3, 0.4) is 0 Å². The molecule has 5 nitrogen and oxygen atoms in total. The predicted molar refractivity (Wildman–Crippen MR) is 67.6 cm³/mol. The fraction of sp³-hybridized carbons (Fsp3) is 0.667. The lowest BCUT2D eigenvalue weighted by molar-refractivity contribution is 0.178.